The van der Waals surface area contributed by atoms with Crippen LogP contribution in [0.3, 0.4) is 0 Å². The van der Waals surface area contributed by atoms with Crippen molar-refractivity contribution < 1.29 is 5.11 Å². The van der Waals surface area contributed by atoms with Crippen LogP contribution >= 0.6 is 0 Å². The van der Waals surface area contributed by atoms with Crippen molar-refractivity contribution in [3.8, 4) is 0 Å². The van der Waals surface area contributed by atoms with E-state index in [0.717, 1.165) is 0 Å². The predicted molar refractivity (Wildman–Crippen MR) is 59.4 cm³/mol. The summed E-state index contributed by atoms with van der Waals surface area (Å²) in [5.41, 5.74) is 0. The van der Waals surface area contributed by atoms with Crippen molar-refractivity contribution in [2.75, 3.05) is 19.7 Å². The Morgan fingerprint density at radius 1 is 1.29 bits per heavy atom. The van der Waals surface area contributed by atoms with Crippen molar-refractivity contribution in [3.05, 3.63) is 0 Å². The monoisotopic (exact) mass is 200 g/mol. The fourth-order valence-corrected chi connectivity index (χ4v) is 2.04. The second kappa shape index (κ2) is 5.69. The van der Waals surface area contributed by atoms with E-state index in [4.69, 9.17) is 5.11 Å². The maximum absolute atomic E-state index is 8.93. The van der Waals surface area contributed by atoms with Gasteiger partial charge in [0, 0.05) is 18.1 Å². The molecule has 1 heterocycles. The molecular weight excluding hydrogens is 176 g/mol. The van der Waals surface area contributed by atoms with Crippen LogP contribution in [0.4, 0.5) is 0 Å². The molecule has 0 radical (unpaired) electrons. The molecule has 0 bridgehead atoms. The molecule has 3 nitrogen and oxygen atoms in total. The topological polar surface area (TPSA) is 35.5 Å². The van der Waals surface area contributed by atoms with E-state index < -0.39 is 0 Å². The SMILES string of the molecule is CC(C)N1CCC(N[C@H](C)CO)CC1. The Bertz CT molecular complexity index is 153. The number of aliphatic hydroxyl groups excluding tert-OH is 1. The summed E-state index contributed by atoms with van der Waals surface area (Å²) in [4.78, 5) is 2.52. The number of likely N-dealkylation sites (tertiary alicyclic amines) is 1. The van der Waals surface area contributed by atoms with Gasteiger partial charge in [0.15, 0.2) is 0 Å². The Labute approximate surface area is 87.5 Å². The van der Waals surface area contributed by atoms with Gasteiger partial charge in [0.2, 0.25) is 0 Å². The smallest absolute Gasteiger partial charge is 0.0582 e. The van der Waals surface area contributed by atoms with Gasteiger partial charge in [0.05, 0.1) is 6.61 Å². The Hall–Kier alpha value is -0.120. The van der Waals surface area contributed by atoms with Crippen molar-refractivity contribution in [1.29, 1.82) is 0 Å². The molecule has 1 aliphatic rings. The molecule has 14 heavy (non-hydrogen) atoms. The third-order valence-corrected chi connectivity index (χ3v) is 3.05. The maximum atomic E-state index is 8.93. The molecule has 0 aromatic rings. The molecule has 0 unspecified atom stereocenters. The zero-order chi connectivity index (χ0) is 10.6. The van der Waals surface area contributed by atoms with Crippen LogP contribution in [-0.2, 0) is 0 Å². The lowest BCUT2D eigenvalue weighted by Gasteiger charge is -2.35. The van der Waals surface area contributed by atoms with Gasteiger partial charge in [-0.05, 0) is 46.7 Å². The number of nitrogens with one attached hydrogen (secondary N) is 1. The molecule has 84 valence electrons. The standard InChI is InChI=1S/C11H24N2O/c1-9(2)13-6-4-11(5-7-13)12-10(3)8-14/h9-12,14H,4-8H2,1-3H3/t10-/m1/s1. The molecule has 1 rings (SSSR count). The van der Waals surface area contributed by atoms with Crippen LogP contribution in [-0.4, -0.2) is 47.8 Å². The first-order chi connectivity index (χ1) is 6.63. The average molecular weight is 200 g/mol. The summed E-state index contributed by atoms with van der Waals surface area (Å²) in [6.45, 7) is 9.16. The quantitative estimate of drug-likeness (QED) is 0.705. The molecule has 3 heteroatoms. The number of aliphatic hydroxyl groups is 1. The first kappa shape index (κ1) is 12.0. The van der Waals surface area contributed by atoms with Crippen LogP contribution in [0.5, 0.6) is 0 Å². The van der Waals surface area contributed by atoms with Crippen LogP contribution in [0.15, 0.2) is 0 Å². The van der Waals surface area contributed by atoms with Gasteiger partial charge in [0.25, 0.3) is 0 Å². The fourth-order valence-electron chi connectivity index (χ4n) is 2.04. The van der Waals surface area contributed by atoms with Gasteiger partial charge >= 0.3 is 0 Å². The van der Waals surface area contributed by atoms with Gasteiger partial charge < -0.3 is 15.3 Å². The molecule has 1 aliphatic heterocycles. The summed E-state index contributed by atoms with van der Waals surface area (Å²) in [5.74, 6) is 0. The molecule has 1 saturated heterocycles. The third-order valence-electron chi connectivity index (χ3n) is 3.05. The maximum Gasteiger partial charge on any atom is 0.0582 e. The Kier molecular flexibility index (Phi) is 4.85. The number of rotatable bonds is 4. The largest absolute Gasteiger partial charge is 0.395 e. The summed E-state index contributed by atoms with van der Waals surface area (Å²) in [6, 6.07) is 1.52. The van der Waals surface area contributed by atoms with Crippen molar-refractivity contribution in [2.24, 2.45) is 0 Å². The second-order valence-corrected chi connectivity index (χ2v) is 4.65. The number of hydrogen-bond acceptors (Lipinski definition) is 3. The summed E-state index contributed by atoms with van der Waals surface area (Å²) in [5, 5.41) is 12.4. The molecular formula is C11H24N2O. The zero-order valence-electron chi connectivity index (χ0n) is 9.66. The average Bonchev–Trinajstić information content (AvgIpc) is 2.18. The van der Waals surface area contributed by atoms with E-state index >= 15 is 0 Å². The normalized spacial score (nSPS) is 22.9. The van der Waals surface area contributed by atoms with Crippen LogP contribution in [0.2, 0.25) is 0 Å². The first-order valence-electron chi connectivity index (χ1n) is 5.74. The number of nitrogens with zero attached hydrogens (tertiary/aromatic N) is 1. The van der Waals surface area contributed by atoms with Gasteiger partial charge in [-0.3, -0.25) is 0 Å². The Morgan fingerprint density at radius 2 is 1.86 bits per heavy atom. The van der Waals surface area contributed by atoms with Crippen LogP contribution < -0.4 is 5.32 Å². The number of hydrogen-bond donors (Lipinski definition) is 2. The van der Waals surface area contributed by atoms with Gasteiger partial charge in [-0.25, -0.2) is 0 Å². The van der Waals surface area contributed by atoms with E-state index in [-0.39, 0.29) is 12.6 Å². The van der Waals surface area contributed by atoms with Gasteiger partial charge in [0.1, 0.15) is 0 Å². The first-order valence-corrected chi connectivity index (χ1v) is 5.74. The van der Waals surface area contributed by atoms with Crippen LogP contribution in [0.1, 0.15) is 33.6 Å². The van der Waals surface area contributed by atoms with Gasteiger partial charge in [-0.2, -0.15) is 0 Å². The summed E-state index contributed by atoms with van der Waals surface area (Å²) >= 11 is 0. The molecule has 2 N–H and O–H groups in total. The molecule has 1 fully saturated rings. The summed E-state index contributed by atoms with van der Waals surface area (Å²) < 4.78 is 0. The van der Waals surface area contributed by atoms with E-state index in [9.17, 15) is 0 Å². The lowest BCUT2D eigenvalue weighted by molar-refractivity contribution is 0.148. The fraction of sp³-hybridized carbons (Fsp3) is 1.00. The molecule has 0 aromatic carbocycles. The van der Waals surface area contributed by atoms with Crippen LogP contribution in [0, 0.1) is 0 Å². The zero-order valence-corrected chi connectivity index (χ0v) is 9.66. The van der Waals surface area contributed by atoms with Crippen LogP contribution in [0.25, 0.3) is 0 Å². The molecule has 0 aliphatic carbocycles. The third kappa shape index (κ3) is 3.56. The molecule has 1 atom stereocenters. The molecule has 0 aromatic heterocycles. The van der Waals surface area contributed by atoms with E-state index in [1.165, 1.54) is 25.9 Å². The minimum atomic E-state index is 0.240. The summed E-state index contributed by atoms with van der Waals surface area (Å²) in [7, 11) is 0. The second-order valence-electron chi connectivity index (χ2n) is 4.65. The van der Waals surface area contributed by atoms with Crippen molar-refractivity contribution in [1.82, 2.24) is 10.2 Å². The Balaban J connectivity index is 2.22. The Morgan fingerprint density at radius 3 is 2.29 bits per heavy atom. The highest BCUT2D eigenvalue weighted by Gasteiger charge is 2.21. The van der Waals surface area contributed by atoms with E-state index in [0.29, 0.717) is 12.1 Å². The molecule has 0 spiro atoms. The number of piperidine rings is 1. The lowest BCUT2D eigenvalue weighted by Crippen LogP contribution is -2.47. The van der Waals surface area contributed by atoms with Crippen molar-refractivity contribution in [3.63, 3.8) is 0 Å². The van der Waals surface area contributed by atoms with Crippen molar-refractivity contribution >= 4 is 0 Å². The van der Waals surface area contributed by atoms with E-state index in [1.807, 2.05) is 6.92 Å². The predicted octanol–water partition coefficient (Wildman–Crippen LogP) is 0.830. The van der Waals surface area contributed by atoms with Gasteiger partial charge in [-0.1, -0.05) is 0 Å². The van der Waals surface area contributed by atoms with E-state index in [2.05, 4.69) is 24.1 Å². The molecule has 0 saturated carbocycles. The highest BCUT2D eigenvalue weighted by atomic mass is 16.3. The minimum Gasteiger partial charge on any atom is -0.395 e. The highest BCUT2D eigenvalue weighted by Crippen LogP contribution is 2.13. The minimum absolute atomic E-state index is 0.240. The summed E-state index contributed by atoms with van der Waals surface area (Å²) in [6.07, 6.45) is 2.42. The van der Waals surface area contributed by atoms with Crippen molar-refractivity contribution in [2.45, 2.75) is 51.7 Å². The lowest BCUT2D eigenvalue weighted by atomic mass is 10.0. The van der Waals surface area contributed by atoms with Gasteiger partial charge in [-0.15, -0.1) is 0 Å². The highest BCUT2D eigenvalue weighted by molar-refractivity contribution is 4.80. The van der Waals surface area contributed by atoms with E-state index in [1.54, 1.807) is 0 Å². The molecule has 0 amide bonds.